The molecule has 1 fully saturated rings. The van der Waals surface area contributed by atoms with Crippen molar-refractivity contribution in [3.05, 3.63) is 29.8 Å². The number of carbonyl (C=O) groups is 1. The second-order valence-electron chi connectivity index (χ2n) is 4.87. The van der Waals surface area contributed by atoms with E-state index in [2.05, 4.69) is 10.6 Å². The van der Waals surface area contributed by atoms with Crippen LogP contribution < -0.4 is 10.6 Å². The molecule has 1 heterocycles. The van der Waals surface area contributed by atoms with Gasteiger partial charge in [-0.1, -0.05) is 12.1 Å². The van der Waals surface area contributed by atoms with Crippen LogP contribution in [0.1, 0.15) is 31.4 Å². The quantitative estimate of drug-likeness (QED) is 0.761. The fourth-order valence-corrected chi connectivity index (χ4v) is 2.28. The number of phenols is 1. The van der Waals surface area contributed by atoms with E-state index in [4.69, 9.17) is 0 Å². The van der Waals surface area contributed by atoms with Crippen LogP contribution in [0, 0.1) is 5.92 Å². The molecule has 0 radical (unpaired) electrons. The third-order valence-electron chi connectivity index (χ3n) is 3.40. The highest BCUT2D eigenvalue weighted by Gasteiger charge is 2.22. The first-order chi connectivity index (χ1) is 8.66. The standard InChI is InChI=1S/C14H20N2O2/c1-10(11-4-2-6-13(17)8-11)16-14(18)12-5-3-7-15-9-12/h2,4,6,8,10,12,15,17H,3,5,7,9H2,1H3,(H,16,18)/t10?,12-/m0/s1. The number of hydrogen-bond donors (Lipinski definition) is 3. The largest absolute Gasteiger partial charge is 0.508 e. The highest BCUT2D eigenvalue weighted by atomic mass is 16.3. The molecule has 0 bridgehead atoms. The molecule has 2 rings (SSSR count). The molecule has 2 atom stereocenters. The molecule has 1 aromatic rings. The van der Waals surface area contributed by atoms with E-state index in [-0.39, 0.29) is 23.6 Å². The summed E-state index contributed by atoms with van der Waals surface area (Å²) in [6, 6.07) is 6.93. The highest BCUT2D eigenvalue weighted by Crippen LogP contribution is 2.19. The SMILES string of the molecule is CC(NC(=O)[C@H]1CCCNC1)c1cccc(O)c1. The van der Waals surface area contributed by atoms with Gasteiger partial charge in [0.2, 0.25) is 5.91 Å². The fraction of sp³-hybridized carbons (Fsp3) is 0.500. The van der Waals surface area contributed by atoms with E-state index in [0.717, 1.165) is 31.5 Å². The lowest BCUT2D eigenvalue weighted by molar-refractivity contribution is -0.126. The first-order valence-corrected chi connectivity index (χ1v) is 6.47. The Kier molecular flexibility index (Phi) is 4.20. The number of piperidine rings is 1. The summed E-state index contributed by atoms with van der Waals surface area (Å²) in [4.78, 5) is 12.1. The Balaban J connectivity index is 1.94. The molecule has 0 aromatic heterocycles. The van der Waals surface area contributed by atoms with E-state index in [1.807, 2.05) is 13.0 Å². The van der Waals surface area contributed by atoms with Crippen LogP contribution in [0.3, 0.4) is 0 Å². The summed E-state index contributed by atoms with van der Waals surface area (Å²) in [6.07, 6.45) is 2.00. The molecule has 18 heavy (non-hydrogen) atoms. The molecule has 0 saturated carbocycles. The van der Waals surface area contributed by atoms with Gasteiger partial charge >= 0.3 is 0 Å². The monoisotopic (exact) mass is 248 g/mol. The van der Waals surface area contributed by atoms with Crippen molar-refractivity contribution in [1.29, 1.82) is 0 Å². The number of benzene rings is 1. The van der Waals surface area contributed by atoms with Crippen LogP contribution >= 0.6 is 0 Å². The van der Waals surface area contributed by atoms with Gasteiger partial charge in [0.1, 0.15) is 5.75 Å². The average Bonchev–Trinajstić information content (AvgIpc) is 2.39. The Labute approximate surface area is 107 Å². The van der Waals surface area contributed by atoms with Crippen molar-refractivity contribution in [3.63, 3.8) is 0 Å². The summed E-state index contributed by atoms with van der Waals surface area (Å²) in [5.41, 5.74) is 0.923. The van der Waals surface area contributed by atoms with Crippen LogP contribution in [-0.2, 0) is 4.79 Å². The molecule has 3 N–H and O–H groups in total. The fourth-order valence-electron chi connectivity index (χ4n) is 2.28. The van der Waals surface area contributed by atoms with Crippen molar-refractivity contribution in [2.45, 2.75) is 25.8 Å². The third kappa shape index (κ3) is 3.23. The molecule has 1 aliphatic heterocycles. The van der Waals surface area contributed by atoms with Crippen molar-refractivity contribution in [2.75, 3.05) is 13.1 Å². The Morgan fingerprint density at radius 3 is 3.06 bits per heavy atom. The number of rotatable bonds is 3. The van der Waals surface area contributed by atoms with Crippen molar-refractivity contribution in [3.8, 4) is 5.75 Å². The average molecular weight is 248 g/mol. The number of carbonyl (C=O) groups excluding carboxylic acids is 1. The first-order valence-electron chi connectivity index (χ1n) is 6.47. The van der Waals surface area contributed by atoms with Crippen LogP contribution in [0.2, 0.25) is 0 Å². The zero-order valence-electron chi connectivity index (χ0n) is 10.6. The van der Waals surface area contributed by atoms with Crippen LogP contribution in [-0.4, -0.2) is 24.1 Å². The molecule has 1 unspecified atom stereocenters. The lowest BCUT2D eigenvalue weighted by Gasteiger charge is -2.24. The van der Waals surface area contributed by atoms with Gasteiger partial charge in [-0.05, 0) is 44.0 Å². The van der Waals surface area contributed by atoms with Gasteiger partial charge in [0, 0.05) is 6.54 Å². The molecule has 4 heteroatoms. The van der Waals surface area contributed by atoms with Crippen molar-refractivity contribution >= 4 is 5.91 Å². The van der Waals surface area contributed by atoms with Gasteiger partial charge in [-0.3, -0.25) is 4.79 Å². The molecular weight excluding hydrogens is 228 g/mol. The van der Waals surface area contributed by atoms with Gasteiger partial charge < -0.3 is 15.7 Å². The zero-order valence-corrected chi connectivity index (χ0v) is 10.6. The summed E-state index contributed by atoms with van der Waals surface area (Å²) in [7, 11) is 0. The van der Waals surface area contributed by atoms with Gasteiger partial charge in [-0.25, -0.2) is 0 Å². The minimum Gasteiger partial charge on any atom is -0.508 e. The van der Waals surface area contributed by atoms with Crippen LogP contribution in [0.15, 0.2) is 24.3 Å². The van der Waals surface area contributed by atoms with E-state index in [1.165, 1.54) is 0 Å². The molecule has 1 aromatic carbocycles. The second-order valence-corrected chi connectivity index (χ2v) is 4.87. The Morgan fingerprint density at radius 1 is 1.56 bits per heavy atom. The Bertz CT molecular complexity index is 414. The number of nitrogens with one attached hydrogen (secondary N) is 2. The summed E-state index contributed by atoms with van der Waals surface area (Å²) in [6.45, 7) is 3.70. The lowest BCUT2D eigenvalue weighted by Crippen LogP contribution is -2.41. The van der Waals surface area contributed by atoms with Crippen LogP contribution in [0.4, 0.5) is 0 Å². The Morgan fingerprint density at radius 2 is 2.39 bits per heavy atom. The molecule has 0 spiro atoms. The number of aromatic hydroxyl groups is 1. The molecule has 1 saturated heterocycles. The Hall–Kier alpha value is -1.55. The van der Waals surface area contributed by atoms with Gasteiger partial charge in [-0.2, -0.15) is 0 Å². The molecular formula is C14H20N2O2. The summed E-state index contributed by atoms with van der Waals surface area (Å²) in [5, 5.41) is 15.7. The predicted molar refractivity (Wildman–Crippen MR) is 70.3 cm³/mol. The zero-order chi connectivity index (χ0) is 13.0. The maximum Gasteiger partial charge on any atom is 0.224 e. The van der Waals surface area contributed by atoms with E-state index in [9.17, 15) is 9.90 Å². The number of hydrogen-bond acceptors (Lipinski definition) is 3. The minimum atomic E-state index is -0.0773. The van der Waals surface area contributed by atoms with Crippen LogP contribution in [0.5, 0.6) is 5.75 Å². The number of amides is 1. The van der Waals surface area contributed by atoms with E-state index < -0.39 is 0 Å². The maximum atomic E-state index is 12.1. The summed E-state index contributed by atoms with van der Waals surface area (Å²) in [5.74, 6) is 0.393. The second kappa shape index (κ2) is 5.87. The van der Waals surface area contributed by atoms with Gasteiger partial charge in [-0.15, -0.1) is 0 Å². The topological polar surface area (TPSA) is 61.4 Å². The molecule has 0 aliphatic carbocycles. The first kappa shape index (κ1) is 12.9. The van der Waals surface area contributed by atoms with Gasteiger partial charge in [0.15, 0.2) is 0 Å². The molecule has 4 nitrogen and oxygen atoms in total. The van der Waals surface area contributed by atoms with E-state index >= 15 is 0 Å². The van der Waals surface area contributed by atoms with E-state index in [1.54, 1.807) is 18.2 Å². The van der Waals surface area contributed by atoms with Gasteiger partial charge in [0.25, 0.3) is 0 Å². The summed E-state index contributed by atoms with van der Waals surface area (Å²) < 4.78 is 0. The van der Waals surface area contributed by atoms with E-state index in [0.29, 0.717) is 0 Å². The lowest BCUT2D eigenvalue weighted by atomic mass is 9.98. The smallest absolute Gasteiger partial charge is 0.224 e. The normalized spacial score (nSPS) is 21.3. The minimum absolute atomic E-state index is 0.0681. The summed E-state index contributed by atoms with van der Waals surface area (Å²) >= 11 is 0. The number of phenolic OH excluding ortho intramolecular Hbond substituents is 1. The maximum absolute atomic E-state index is 12.1. The van der Waals surface area contributed by atoms with Crippen LogP contribution in [0.25, 0.3) is 0 Å². The third-order valence-corrected chi connectivity index (χ3v) is 3.40. The van der Waals surface area contributed by atoms with Gasteiger partial charge in [0.05, 0.1) is 12.0 Å². The predicted octanol–water partition coefficient (Wildman–Crippen LogP) is 1.57. The molecule has 1 amide bonds. The molecule has 1 aliphatic rings. The van der Waals surface area contributed by atoms with Crippen molar-refractivity contribution in [2.24, 2.45) is 5.92 Å². The highest BCUT2D eigenvalue weighted by molar-refractivity contribution is 5.79. The van der Waals surface area contributed by atoms with Crippen molar-refractivity contribution < 1.29 is 9.90 Å². The van der Waals surface area contributed by atoms with Crippen molar-refractivity contribution in [1.82, 2.24) is 10.6 Å². The molecule has 98 valence electrons.